The van der Waals surface area contributed by atoms with Gasteiger partial charge in [-0.15, -0.1) is 0 Å². The molecule has 0 amide bonds. The third-order valence-electron chi connectivity index (χ3n) is 3.54. The molecule has 1 heteroatoms. The molecule has 17 heavy (non-hydrogen) atoms. The Morgan fingerprint density at radius 2 is 1.59 bits per heavy atom. The highest BCUT2D eigenvalue weighted by molar-refractivity contribution is 5.37. The first kappa shape index (κ1) is 14.2. The van der Waals surface area contributed by atoms with Crippen LogP contribution in [0, 0.1) is 26.7 Å². The molecule has 0 aliphatic carbocycles. The molecule has 0 heterocycles. The van der Waals surface area contributed by atoms with Gasteiger partial charge < -0.3 is 5.11 Å². The first-order valence-electron chi connectivity index (χ1n) is 6.66. The predicted octanol–water partition coefficient (Wildman–Crippen LogP) is 3.95. The standard InChI is InChI=1S/C16H26O/c1-11(2)16(17)8-6-7-15-13(4)9-12(3)10-14(15)5/h9-11,16-17H,6-8H2,1-5H3. The van der Waals surface area contributed by atoms with Crippen LogP contribution in [0.2, 0.25) is 0 Å². The third-order valence-corrected chi connectivity index (χ3v) is 3.54. The minimum Gasteiger partial charge on any atom is -0.393 e. The Kier molecular flexibility index (Phi) is 5.20. The van der Waals surface area contributed by atoms with Crippen LogP contribution < -0.4 is 0 Å². The van der Waals surface area contributed by atoms with Gasteiger partial charge in [-0.05, 0) is 62.6 Å². The number of aliphatic hydroxyl groups excluding tert-OH is 1. The summed E-state index contributed by atoms with van der Waals surface area (Å²) in [5.74, 6) is 0.371. The van der Waals surface area contributed by atoms with Gasteiger partial charge in [-0.1, -0.05) is 31.5 Å². The molecule has 96 valence electrons. The van der Waals surface area contributed by atoms with Crippen LogP contribution in [-0.4, -0.2) is 11.2 Å². The van der Waals surface area contributed by atoms with Crippen molar-refractivity contribution < 1.29 is 5.11 Å². The molecule has 0 aliphatic heterocycles. The van der Waals surface area contributed by atoms with Gasteiger partial charge in [-0.25, -0.2) is 0 Å². The molecular formula is C16H26O. The van der Waals surface area contributed by atoms with Crippen LogP contribution in [-0.2, 0) is 6.42 Å². The first-order valence-corrected chi connectivity index (χ1v) is 6.66. The summed E-state index contributed by atoms with van der Waals surface area (Å²) in [4.78, 5) is 0. The molecule has 0 radical (unpaired) electrons. The number of benzene rings is 1. The summed E-state index contributed by atoms with van der Waals surface area (Å²) in [6.07, 6.45) is 2.91. The van der Waals surface area contributed by atoms with Gasteiger partial charge >= 0.3 is 0 Å². The summed E-state index contributed by atoms with van der Waals surface area (Å²) in [6, 6.07) is 4.50. The van der Waals surface area contributed by atoms with Crippen molar-refractivity contribution in [2.45, 2.75) is 60.0 Å². The molecule has 0 spiro atoms. The van der Waals surface area contributed by atoms with E-state index in [4.69, 9.17) is 0 Å². The van der Waals surface area contributed by atoms with Crippen LogP contribution in [0.3, 0.4) is 0 Å². The van der Waals surface area contributed by atoms with Crippen molar-refractivity contribution in [3.8, 4) is 0 Å². The quantitative estimate of drug-likeness (QED) is 0.818. The molecule has 1 nitrogen and oxygen atoms in total. The van der Waals surface area contributed by atoms with E-state index >= 15 is 0 Å². The van der Waals surface area contributed by atoms with E-state index in [9.17, 15) is 5.11 Å². The molecule has 0 bridgehead atoms. The zero-order valence-corrected chi connectivity index (χ0v) is 11.9. The van der Waals surface area contributed by atoms with Crippen LogP contribution >= 0.6 is 0 Å². The Bertz CT molecular complexity index is 343. The fraction of sp³-hybridized carbons (Fsp3) is 0.625. The van der Waals surface area contributed by atoms with E-state index in [-0.39, 0.29) is 6.10 Å². The van der Waals surface area contributed by atoms with E-state index in [2.05, 4.69) is 46.8 Å². The number of hydrogen-bond acceptors (Lipinski definition) is 1. The molecule has 1 aromatic rings. The maximum atomic E-state index is 9.79. The lowest BCUT2D eigenvalue weighted by Crippen LogP contribution is -2.14. The third kappa shape index (κ3) is 4.16. The molecule has 0 aliphatic rings. The monoisotopic (exact) mass is 234 g/mol. The van der Waals surface area contributed by atoms with Gasteiger partial charge in [0.15, 0.2) is 0 Å². The summed E-state index contributed by atoms with van der Waals surface area (Å²) < 4.78 is 0. The van der Waals surface area contributed by atoms with Gasteiger partial charge in [0.1, 0.15) is 0 Å². The van der Waals surface area contributed by atoms with Gasteiger partial charge in [-0.3, -0.25) is 0 Å². The van der Waals surface area contributed by atoms with E-state index < -0.39 is 0 Å². The highest BCUT2D eigenvalue weighted by Gasteiger charge is 2.10. The minimum atomic E-state index is -0.152. The zero-order chi connectivity index (χ0) is 13.0. The topological polar surface area (TPSA) is 20.2 Å². The molecule has 1 atom stereocenters. The van der Waals surface area contributed by atoms with Crippen molar-refractivity contribution in [1.29, 1.82) is 0 Å². The van der Waals surface area contributed by atoms with Crippen molar-refractivity contribution in [3.05, 3.63) is 34.4 Å². The van der Waals surface area contributed by atoms with Crippen molar-refractivity contribution in [2.75, 3.05) is 0 Å². The fourth-order valence-corrected chi connectivity index (χ4v) is 2.43. The summed E-state index contributed by atoms with van der Waals surface area (Å²) in [5, 5.41) is 9.79. The Hall–Kier alpha value is -0.820. The SMILES string of the molecule is Cc1cc(C)c(CCCC(O)C(C)C)c(C)c1. The molecule has 0 saturated heterocycles. The fourth-order valence-electron chi connectivity index (χ4n) is 2.43. The van der Waals surface area contributed by atoms with Crippen LogP contribution in [0.1, 0.15) is 48.9 Å². The average molecular weight is 234 g/mol. The molecule has 1 unspecified atom stereocenters. The normalized spacial score (nSPS) is 13.1. The Morgan fingerprint density at radius 1 is 1.06 bits per heavy atom. The lowest BCUT2D eigenvalue weighted by atomic mass is 9.93. The van der Waals surface area contributed by atoms with Gasteiger partial charge in [0, 0.05) is 0 Å². The molecule has 0 aromatic heterocycles. The smallest absolute Gasteiger partial charge is 0.0563 e. The van der Waals surface area contributed by atoms with Gasteiger partial charge in [0.2, 0.25) is 0 Å². The lowest BCUT2D eigenvalue weighted by Gasteiger charge is -2.15. The van der Waals surface area contributed by atoms with Crippen molar-refractivity contribution in [2.24, 2.45) is 5.92 Å². The number of aryl methyl sites for hydroxylation is 3. The number of hydrogen-bond donors (Lipinski definition) is 1. The largest absolute Gasteiger partial charge is 0.393 e. The highest BCUT2D eigenvalue weighted by atomic mass is 16.3. The first-order chi connectivity index (χ1) is 7.91. The van der Waals surface area contributed by atoms with Crippen LogP contribution in [0.15, 0.2) is 12.1 Å². The predicted molar refractivity (Wildman–Crippen MR) is 74.4 cm³/mol. The highest BCUT2D eigenvalue weighted by Crippen LogP contribution is 2.19. The van der Waals surface area contributed by atoms with E-state index in [0.717, 1.165) is 19.3 Å². The zero-order valence-electron chi connectivity index (χ0n) is 11.9. The maximum Gasteiger partial charge on any atom is 0.0563 e. The van der Waals surface area contributed by atoms with Crippen LogP contribution in [0.4, 0.5) is 0 Å². The van der Waals surface area contributed by atoms with E-state index in [0.29, 0.717) is 5.92 Å². The summed E-state index contributed by atoms with van der Waals surface area (Å²) >= 11 is 0. The summed E-state index contributed by atoms with van der Waals surface area (Å²) in [6.45, 7) is 10.7. The van der Waals surface area contributed by atoms with Crippen molar-refractivity contribution >= 4 is 0 Å². The molecule has 1 rings (SSSR count). The second kappa shape index (κ2) is 6.20. The molecule has 1 aromatic carbocycles. The average Bonchev–Trinajstić information content (AvgIpc) is 2.21. The molecule has 0 fully saturated rings. The Morgan fingerprint density at radius 3 is 2.06 bits per heavy atom. The van der Waals surface area contributed by atoms with Crippen LogP contribution in [0.5, 0.6) is 0 Å². The van der Waals surface area contributed by atoms with E-state index in [1.807, 2.05) is 0 Å². The Labute approximate surface area is 106 Å². The van der Waals surface area contributed by atoms with Gasteiger partial charge in [0.25, 0.3) is 0 Å². The second-order valence-electron chi connectivity index (χ2n) is 5.58. The van der Waals surface area contributed by atoms with Crippen molar-refractivity contribution in [1.82, 2.24) is 0 Å². The summed E-state index contributed by atoms with van der Waals surface area (Å²) in [5.41, 5.74) is 5.58. The number of aliphatic hydroxyl groups is 1. The van der Waals surface area contributed by atoms with Gasteiger partial charge in [0.05, 0.1) is 6.10 Å². The minimum absolute atomic E-state index is 0.152. The maximum absolute atomic E-state index is 9.79. The molecule has 0 saturated carbocycles. The Balaban J connectivity index is 2.58. The molecular weight excluding hydrogens is 208 g/mol. The second-order valence-corrected chi connectivity index (χ2v) is 5.58. The molecule has 1 N–H and O–H groups in total. The number of rotatable bonds is 5. The summed E-state index contributed by atoms with van der Waals surface area (Å²) in [7, 11) is 0. The van der Waals surface area contributed by atoms with E-state index in [1.54, 1.807) is 0 Å². The van der Waals surface area contributed by atoms with Gasteiger partial charge in [-0.2, -0.15) is 0 Å². The van der Waals surface area contributed by atoms with Crippen LogP contribution in [0.25, 0.3) is 0 Å². The lowest BCUT2D eigenvalue weighted by molar-refractivity contribution is 0.114. The van der Waals surface area contributed by atoms with E-state index in [1.165, 1.54) is 22.3 Å². The van der Waals surface area contributed by atoms with Crippen molar-refractivity contribution in [3.63, 3.8) is 0 Å².